The number of ether oxygens (including phenoxy) is 1. The van der Waals surface area contributed by atoms with E-state index in [-0.39, 0.29) is 18.1 Å². The van der Waals surface area contributed by atoms with Crippen molar-refractivity contribution in [1.29, 1.82) is 0 Å². The average molecular weight is 427 g/mol. The fraction of sp³-hybridized carbons (Fsp3) is 0.455. The number of anilines is 3. The highest BCUT2D eigenvalue weighted by atomic mass is 16.5. The number of carbonyl (C=O) groups is 2. The summed E-state index contributed by atoms with van der Waals surface area (Å²) in [6.45, 7) is 2.06. The third-order valence-electron chi connectivity index (χ3n) is 5.13. The zero-order valence-corrected chi connectivity index (χ0v) is 18.2. The number of esters is 1. The van der Waals surface area contributed by atoms with Crippen LogP contribution in [-0.2, 0) is 4.74 Å². The Balaban J connectivity index is 1.45. The number of urea groups is 1. The second kappa shape index (κ2) is 10.6. The predicted octanol–water partition coefficient (Wildman–Crippen LogP) is 3.26. The van der Waals surface area contributed by atoms with Crippen molar-refractivity contribution in [3.63, 3.8) is 0 Å². The maximum absolute atomic E-state index is 12.4. The number of carbonyl (C=O) groups excluding carboxylic acids is 2. The van der Waals surface area contributed by atoms with Crippen molar-refractivity contribution >= 4 is 29.5 Å². The molecule has 1 aromatic carbocycles. The molecule has 1 aromatic heterocycles. The summed E-state index contributed by atoms with van der Waals surface area (Å²) in [5, 5.41) is 9.21. The van der Waals surface area contributed by atoms with Crippen LogP contribution in [0, 0.1) is 0 Å². The van der Waals surface area contributed by atoms with E-state index in [9.17, 15) is 9.59 Å². The molecule has 2 amide bonds. The lowest BCUT2D eigenvalue weighted by Gasteiger charge is -2.29. The van der Waals surface area contributed by atoms with Crippen LogP contribution in [0.4, 0.5) is 22.2 Å². The van der Waals surface area contributed by atoms with E-state index in [4.69, 9.17) is 4.74 Å². The van der Waals surface area contributed by atoms with Gasteiger partial charge in [-0.3, -0.25) is 0 Å². The van der Waals surface area contributed by atoms with Crippen LogP contribution in [0.2, 0.25) is 0 Å². The average Bonchev–Trinajstić information content (AvgIpc) is 2.75. The number of rotatable bonds is 7. The maximum atomic E-state index is 12.4. The summed E-state index contributed by atoms with van der Waals surface area (Å²) in [5.41, 5.74) is 0.961. The Morgan fingerprint density at radius 2 is 1.87 bits per heavy atom. The molecule has 9 heteroatoms. The van der Waals surface area contributed by atoms with Gasteiger partial charge in [-0.05, 0) is 56.9 Å². The van der Waals surface area contributed by atoms with Gasteiger partial charge in [-0.15, -0.1) is 0 Å². The molecular weight excluding hydrogens is 396 g/mol. The highest BCUT2D eigenvalue weighted by Gasteiger charge is 2.23. The largest absolute Gasteiger partial charge is 0.462 e. The fourth-order valence-corrected chi connectivity index (χ4v) is 3.52. The van der Waals surface area contributed by atoms with E-state index in [2.05, 4.69) is 25.9 Å². The van der Waals surface area contributed by atoms with Gasteiger partial charge in [0.05, 0.1) is 12.2 Å². The first kappa shape index (κ1) is 22.3. The number of benzene rings is 1. The van der Waals surface area contributed by atoms with Gasteiger partial charge in [0, 0.05) is 38.1 Å². The van der Waals surface area contributed by atoms with Gasteiger partial charge >= 0.3 is 12.0 Å². The lowest BCUT2D eigenvalue weighted by atomic mass is 9.91. The first-order valence-electron chi connectivity index (χ1n) is 10.6. The van der Waals surface area contributed by atoms with Gasteiger partial charge in [-0.1, -0.05) is 6.07 Å². The van der Waals surface area contributed by atoms with Gasteiger partial charge < -0.3 is 25.6 Å². The van der Waals surface area contributed by atoms with E-state index in [1.807, 2.05) is 25.1 Å². The Hall–Kier alpha value is -3.36. The highest BCUT2D eigenvalue weighted by molar-refractivity contribution is 5.94. The van der Waals surface area contributed by atoms with E-state index >= 15 is 0 Å². The number of hydrogen-bond acceptors (Lipinski definition) is 7. The standard InChI is InChI=1S/C22H30N6O3/c1-4-31-20(29)15-6-5-7-18(14-15)26-22(30)25-17-10-8-16(9-11-17)24-21-23-13-12-19(27-21)28(2)3/h5-7,12-14,16-17H,4,8-11H2,1-3H3,(H,23,24,27)(H2,25,26,30)/t16-,17+. The molecule has 3 N–H and O–H groups in total. The van der Waals surface area contributed by atoms with Crippen molar-refractivity contribution in [2.24, 2.45) is 0 Å². The van der Waals surface area contributed by atoms with E-state index in [0.29, 0.717) is 23.8 Å². The molecule has 31 heavy (non-hydrogen) atoms. The number of nitrogens with one attached hydrogen (secondary N) is 3. The van der Waals surface area contributed by atoms with Crippen molar-refractivity contribution in [2.45, 2.75) is 44.7 Å². The van der Waals surface area contributed by atoms with Crippen LogP contribution in [0.25, 0.3) is 0 Å². The van der Waals surface area contributed by atoms with Gasteiger partial charge in [0.1, 0.15) is 5.82 Å². The van der Waals surface area contributed by atoms with Crippen LogP contribution in [-0.4, -0.2) is 54.8 Å². The molecule has 1 saturated carbocycles. The lowest BCUT2D eigenvalue weighted by molar-refractivity contribution is 0.0526. The quantitative estimate of drug-likeness (QED) is 0.583. The molecular formula is C22H30N6O3. The van der Waals surface area contributed by atoms with Crippen LogP contribution in [0.15, 0.2) is 36.5 Å². The summed E-state index contributed by atoms with van der Waals surface area (Å²) >= 11 is 0. The van der Waals surface area contributed by atoms with Crippen molar-refractivity contribution in [3.05, 3.63) is 42.1 Å². The first-order valence-corrected chi connectivity index (χ1v) is 10.6. The Bertz CT molecular complexity index is 896. The van der Waals surface area contributed by atoms with Crippen LogP contribution < -0.4 is 20.9 Å². The van der Waals surface area contributed by atoms with Crippen molar-refractivity contribution in [3.8, 4) is 0 Å². The Morgan fingerprint density at radius 1 is 1.13 bits per heavy atom. The number of aromatic nitrogens is 2. The Kier molecular flexibility index (Phi) is 7.64. The summed E-state index contributed by atoms with van der Waals surface area (Å²) in [6.07, 6.45) is 5.31. The molecule has 166 valence electrons. The third kappa shape index (κ3) is 6.56. The number of hydrogen-bond donors (Lipinski definition) is 3. The molecule has 1 aliphatic carbocycles. The molecule has 0 atom stereocenters. The molecule has 3 rings (SSSR count). The maximum Gasteiger partial charge on any atom is 0.338 e. The lowest BCUT2D eigenvalue weighted by Crippen LogP contribution is -2.42. The van der Waals surface area contributed by atoms with Gasteiger partial charge in [-0.25, -0.2) is 14.6 Å². The molecule has 0 radical (unpaired) electrons. The normalized spacial score (nSPS) is 18.0. The van der Waals surface area contributed by atoms with Crippen molar-refractivity contribution in [1.82, 2.24) is 15.3 Å². The molecule has 1 heterocycles. The van der Waals surface area contributed by atoms with E-state index in [0.717, 1.165) is 31.5 Å². The molecule has 1 aliphatic rings. The van der Waals surface area contributed by atoms with Crippen LogP contribution in [0.1, 0.15) is 43.0 Å². The molecule has 1 fully saturated rings. The first-order chi connectivity index (χ1) is 14.9. The molecule has 9 nitrogen and oxygen atoms in total. The van der Waals surface area contributed by atoms with Gasteiger partial charge in [-0.2, -0.15) is 4.98 Å². The van der Waals surface area contributed by atoms with Crippen LogP contribution >= 0.6 is 0 Å². The second-order valence-corrected chi connectivity index (χ2v) is 7.73. The van der Waals surface area contributed by atoms with Crippen molar-refractivity contribution < 1.29 is 14.3 Å². The van der Waals surface area contributed by atoms with Crippen LogP contribution in [0.3, 0.4) is 0 Å². The Morgan fingerprint density at radius 3 is 2.58 bits per heavy atom. The summed E-state index contributed by atoms with van der Waals surface area (Å²) in [4.78, 5) is 35.0. The monoisotopic (exact) mass is 426 g/mol. The SMILES string of the molecule is CCOC(=O)c1cccc(NC(=O)N[C@H]2CC[C@@H](Nc3nccc(N(C)C)n3)CC2)c1. The molecule has 2 aromatic rings. The van der Waals surface area contributed by atoms with E-state index in [1.54, 1.807) is 37.4 Å². The molecule has 0 bridgehead atoms. The fourth-order valence-electron chi connectivity index (χ4n) is 3.52. The smallest absolute Gasteiger partial charge is 0.338 e. The van der Waals surface area contributed by atoms with Gasteiger partial charge in [0.25, 0.3) is 0 Å². The number of nitrogens with zero attached hydrogens (tertiary/aromatic N) is 3. The summed E-state index contributed by atoms with van der Waals surface area (Å²) < 4.78 is 5.00. The predicted molar refractivity (Wildman–Crippen MR) is 121 cm³/mol. The zero-order chi connectivity index (χ0) is 22.2. The molecule has 0 spiro atoms. The molecule has 0 unspecified atom stereocenters. The zero-order valence-electron chi connectivity index (χ0n) is 18.2. The summed E-state index contributed by atoms with van der Waals surface area (Å²) in [5.74, 6) is 1.08. The highest BCUT2D eigenvalue weighted by Crippen LogP contribution is 2.22. The second-order valence-electron chi connectivity index (χ2n) is 7.73. The van der Waals surface area contributed by atoms with Gasteiger partial charge in [0.15, 0.2) is 0 Å². The summed E-state index contributed by atoms with van der Waals surface area (Å²) in [7, 11) is 3.89. The minimum absolute atomic E-state index is 0.0975. The Labute approximate surface area is 182 Å². The van der Waals surface area contributed by atoms with E-state index < -0.39 is 5.97 Å². The minimum atomic E-state index is -0.405. The third-order valence-corrected chi connectivity index (χ3v) is 5.13. The van der Waals surface area contributed by atoms with Crippen molar-refractivity contribution in [2.75, 3.05) is 36.2 Å². The van der Waals surface area contributed by atoms with Gasteiger partial charge in [0.2, 0.25) is 5.95 Å². The molecule has 0 aliphatic heterocycles. The minimum Gasteiger partial charge on any atom is -0.462 e. The number of amides is 2. The molecule has 0 saturated heterocycles. The van der Waals surface area contributed by atoms with E-state index in [1.165, 1.54) is 0 Å². The topological polar surface area (TPSA) is 108 Å². The van der Waals surface area contributed by atoms with Crippen LogP contribution in [0.5, 0.6) is 0 Å². The summed E-state index contributed by atoms with van der Waals surface area (Å²) in [6, 6.07) is 8.69.